The van der Waals surface area contributed by atoms with Crippen molar-refractivity contribution in [3.8, 4) is 0 Å². The highest BCUT2D eigenvalue weighted by Crippen LogP contribution is 2.16. The van der Waals surface area contributed by atoms with E-state index in [0.29, 0.717) is 12.2 Å². The van der Waals surface area contributed by atoms with E-state index in [1.807, 2.05) is 52.9 Å². The van der Waals surface area contributed by atoms with E-state index in [1.54, 1.807) is 0 Å². The van der Waals surface area contributed by atoms with Gasteiger partial charge >= 0.3 is 6.03 Å². The number of halogens is 1. The molecule has 0 spiro atoms. The van der Waals surface area contributed by atoms with Gasteiger partial charge in [0.25, 0.3) is 5.91 Å². The van der Waals surface area contributed by atoms with Crippen molar-refractivity contribution in [2.24, 2.45) is 0 Å². The Balaban J connectivity index is 1.59. The Bertz CT molecular complexity index is 797. The summed E-state index contributed by atoms with van der Waals surface area (Å²) in [5.74, 6) is -0.121. The third-order valence-electron chi connectivity index (χ3n) is 4.46. The molecular weight excluding hydrogens is 396 g/mol. The molecule has 0 bridgehead atoms. The maximum atomic E-state index is 12.4. The number of amides is 3. The number of aryl methyl sites for hydroxylation is 1. The van der Waals surface area contributed by atoms with Gasteiger partial charge in [0.15, 0.2) is 0 Å². The molecule has 2 heterocycles. The maximum absolute atomic E-state index is 12.4. The van der Waals surface area contributed by atoms with Gasteiger partial charge < -0.3 is 20.1 Å². The molecule has 7 heteroatoms. The van der Waals surface area contributed by atoms with E-state index < -0.39 is 0 Å². The van der Waals surface area contributed by atoms with Crippen LogP contribution >= 0.6 is 15.9 Å². The van der Waals surface area contributed by atoms with E-state index >= 15 is 0 Å². The van der Waals surface area contributed by atoms with Gasteiger partial charge in [-0.3, -0.25) is 4.79 Å². The van der Waals surface area contributed by atoms with Crippen LogP contribution in [0.15, 0.2) is 41.0 Å². The highest BCUT2D eigenvalue weighted by atomic mass is 79.9. The number of hydrogen-bond acceptors (Lipinski definition) is 2. The van der Waals surface area contributed by atoms with Crippen LogP contribution in [0.3, 0.4) is 0 Å². The molecule has 1 aromatic carbocycles. The molecule has 0 atom stereocenters. The number of hydrogen-bond donors (Lipinski definition) is 2. The fourth-order valence-corrected chi connectivity index (χ4v) is 3.55. The molecule has 3 amide bonds. The monoisotopic (exact) mass is 418 g/mol. The van der Waals surface area contributed by atoms with Crippen LogP contribution < -0.4 is 10.6 Å². The van der Waals surface area contributed by atoms with E-state index in [-0.39, 0.29) is 11.9 Å². The molecule has 138 valence electrons. The molecule has 2 N–H and O–H groups in total. The summed E-state index contributed by atoms with van der Waals surface area (Å²) in [4.78, 5) is 26.4. The molecule has 6 nitrogen and oxygen atoms in total. The Hall–Kier alpha value is -2.28. The second kappa shape index (κ2) is 8.40. The van der Waals surface area contributed by atoms with Crippen LogP contribution in [-0.4, -0.2) is 34.5 Å². The van der Waals surface area contributed by atoms with E-state index in [0.717, 1.165) is 48.2 Å². The van der Waals surface area contributed by atoms with Crippen molar-refractivity contribution in [1.82, 2.24) is 14.8 Å². The minimum absolute atomic E-state index is 0.0608. The number of likely N-dealkylation sites (tertiary alicyclic amines) is 1. The van der Waals surface area contributed by atoms with Crippen LogP contribution in [0.5, 0.6) is 0 Å². The van der Waals surface area contributed by atoms with E-state index in [1.165, 1.54) is 0 Å². The van der Waals surface area contributed by atoms with E-state index in [2.05, 4.69) is 26.6 Å². The predicted molar refractivity (Wildman–Crippen MR) is 105 cm³/mol. The number of nitrogens with one attached hydrogen (secondary N) is 2. The molecule has 0 radical (unpaired) electrons. The van der Waals surface area contributed by atoms with Crippen LogP contribution in [0.2, 0.25) is 0 Å². The highest BCUT2D eigenvalue weighted by Gasteiger charge is 2.18. The molecule has 1 aliphatic rings. The molecular formula is C19H23BrN4O2. The summed E-state index contributed by atoms with van der Waals surface area (Å²) >= 11 is 3.40. The van der Waals surface area contributed by atoms with Crippen molar-refractivity contribution >= 4 is 33.6 Å². The predicted octanol–water partition coefficient (Wildman–Crippen LogP) is 3.83. The summed E-state index contributed by atoms with van der Waals surface area (Å²) < 4.78 is 2.78. The van der Waals surface area contributed by atoms with Gasteiger partial charge in [0.1, 0.15) is 5.69 Å². The number of urea groups is 1. The summed E-state index contributed by atoms with van der Waals surface area (Å²) in [6, 6.07) is 9.31. The number of benzene rings is 1. The Kier molecular flexibility index (Phi) is 5.98. The van der Waals surface area contributed by atoms with Crippen molar-refractivity contribution < 1.29 is 9.59 Å². The van der Waals surface area contributed by atoms with E-state index in [9.17, 15) is 9.59 Å². The average molecular weight is 419 g/mol. The molecule has 0 saturated carbocycles. The molecule has 0 unspecified atom stereocenters. The maximum Gasteiger partial charge on any atom is 0.321 e. The van der Waals surface area contributed by atoms with Gasteiger partial charge in [-0.25, -0.2) is 4.79 Å². The van der Waals surface area contributed by atoms with Crippen LogP contribution in [0.4, 0.5) is 10.5 Å². The van der Waals surface area contributed by atoms with Gasteiger partial charge in [-0.05, 0) is 59.5 Å². The lowest BCUT2D eigenvalue weighted by molar-refractivity contribution is 0.0941. The Morgan fingerprint density at radius 3 is 2.69 bits per heavy atom. The van der Waals surface area contributed by atoms with Crippen molar-refractivity contribution in [3.63, 3.8) is 0 Å². The van der Waals surface area contributed by atoms with Gasteiger partial charge in [-0.15, -0.1) is 0 Å². The summed E-state index contributed by atoms with van der Waals surface area (Å²) in [5.41, 5.74) is 2.30. The largest absolute Gasteiger partial charge is 0.347 e. The lowest BCUT2D eigenvalue weighted by Crippen LogP contribution is -2.32. The van der Waals surface area contributed by atoms with Crippen LogP contribution in [-0.2, 0) is 13.1 Å². The SMILES string of the molecule is CCn1cc(Br)cc1C(=O)NCc1cccc(NC(=O)N2CCCC2)c1. The fourth-order valence-electron chi connectivity index (χ4n) is 3.08. The first-order valence-electron chi connectivity index (χ1n) is 8.85. The molecule has 1 saturated heterocycles. The number of nitrogens with zero attached hydrogens (tertiary/aromatic N) is 2. The molecule has 0 aliphatic carbocycles. The zero-order valence-corrected chi connectivity index (χ0v) is 16.4. The number of carbonyl (C=O) groups is 2. The third kappa shape index (κ3) is 4.46. The zero-order valence-electron chi connectivity index (χ0n) is 14.8. The fraction of sp³-hybridized carbons (Fsp3) is 0.368. The Morgan fingerprint density at radius 1 is 1.19 bits per heavy atom. The highest BCUT2D eigenvalue weighted by molar-refractivity contribution is 9.10. The molecule has 26 heavy (non-hydrogen) atoms. The van der Waals surface area contributed by atoms with Gasteiger partial charge in [0, 0.05) is 42.5 Å². The molecule has 2 aromatic rings. The van der Waals surface area contributed by atoms with Crippen LogP contribution in [0.1, 0.15) is 35.8 Å². The number of carbonyl (C=O) groups excluding carboxylic acids is 2. The second-order valence-corrected chi connectivity index (χ2v) is 7.25. The Morgan fingerprint density at radius 2 is 1.96 bits per heavy atom. The van der Waals surface area contributed by atoms with Gasteiger partial charge in [-0.2, -0.15) is 0 Å². The van der Waals surface area contributed by atoms with Crippen LogP contribution in [0.25, 0.3) is 0 Å². The summed E-state index contributed by atoms with van der Waals surface area (Å²) in [6.45, 7) is 4.75. The van der Waals surface area contributed by atoms with Crippen molar-refractivity contribution in [1.29, 1.82) is 0 Å². The number of aromatic nitrogens is 1. The Labute approximate surface area is 161 Å². The zero-order chi connectivity index (χ0) is 18.5. The standard InChI is InChI=1S/C19H23BrN4O2/c1-2-23-13-15(20)11-17(23)18(25)21-12-14-6-5-7-16(10-14)22-19(26)24-8-3-4-9-24/h5-7,10-11,13H,2-4,8-9,12H2,1H3,(H,21,25)(H,22,26). The topological polar surface area (TPSA) is 66.4 Å². The lowest BCUT2D eigenvalue weighted by atomic mass is 10.2. The average Bonchev–Trinajstić information content (AvgIpc) is 3.29. The van der Waals surface area contributed by atoms with Crippen molar-refractivity contribution in [3.05, 3.63) is 52.3 Å². The minimum atomic E-state index is -0.121. The first-order valence-corrected chi connectivity index (χ1v) is 9.65. The first kappa shape index (κ1) is 18.5. The lowest BCUT2D eigenvalue weighted by Gasteiger charge is -2.16. The van der Waals surface area contributed by atoms with E-state index in [4.69, 9.17) is 0 Å². The summed E-state index contributed by atoms with van der Waals surface area (Å²) in [7, 11) is 0. The van der Waals surface area contributed by atoms with Gasteiger partial charge in [0.2, 0.25) is 0 Å². The molecule has 1 aromatic heterocycles. The molecule has 3 rings (SSSR count). The van der Waals surface area contributed by atoms with Gasteiger partial charge in [0.05, 0.1) is 0 Å². The second-order valence-electron chi connectivity index (χ2n) is 6.34. The summed E-state index contributed by atoms with van der Waals surface area (Å²) in [6.07, 6.45) is 4.02. The minimum Gasteiger partial charge on any atom is -0.347 e. The van der Waals surface area contributed by atoms with Crippen LogP contribution in [0, 0.1) is 0 Å². The molecule has 1 aliphatic heterocycles. The summed E-state index contributed by atoms with van der Waals surface area (Å²) in [5, 5.41) is 5.86. The van der Waals surface area contributed by atoms with Crippen molar-refractivity contribution in [2.45, 2.75) is 32.9 Å². The van der Waals surface area contributed by atoms with Crippen molar-refractivity contribution in [2.75, 3.05) is 18.4 Å². The smallest absolute Gasteiger partial charge is 0.321 e. The van der Waals surface area contributed by atoms with Gasteiger partial charge in [-0.1, -0.05) is 12.1 Å². The number of rotatable bonds is 5. The number of anilines is 1. The quantitative estimate of drug-likeness (QED) is 0.774. The first-order chi connectivity index (χ1) is 12.6. The normalized spacial score (nSPS) is 13.7. The molecule has 1 fully saturated rings. The third-order valence-corrected chi connectivity index (χ3v) is 4.89.